The van der Waals surface area contributed by atoms with E-state index in [9.17, 15) is 9.59 Å². The molecular weight excluding hydrogens is 453 g/mol. The molecule has 2 aromatic rings. The van der Waals surface area contributed by atoms with Crippen LogP contribution in [0.5, 0.6) is 11.5 Å². The SMILES string of the molecule is COc1cc(/C=N/NC(=O)C(NC(=O)c2ccc(Cl)c(Cl)c2)C(C)C)ccc1OC(C)C. The lowest BCUT2D eigenvalue weighted by atomic mass is 10.0. The van der Waals surface area contributed by atoms with Crippen LogP contribution in [0.2, 0.25) is 10.0 Å². The number of nitrogens with one attached hydrogen (secondary N) is 2. The van der Waals surface area contributed by atoms with E-state index in [4.69, 9.17) is 32.7 Å². The summed E-state index contributed by atoms with van der Waals surface area (Å²) in [6.45, 7) is 7.49. The largest absolute Gasteiger partial charge is 0.493 e. The van der Waals surface area contributed by atoms with Gasteiger partial charge in [-0.1, -0.05) is 37.0 Å². The van der Waals surface area contributed by atoms with Crippen molar-refractivity contribution < 1.29 is 19.1 Å². The van der Waals surface area contributed by atoms with E-state index >= 15 is 0 Å². The van der Waals surface area contributed by atoms with Crippen molar-refractivity contribution in [2.75, 3.05) is 7.11 Å². The molecule has 0 saturated heterocycles. The molecule has 172 valence electrons. The van der Waals surface area contributed by atoms with Crippen LogP contribution in [0.15, 0.2) is 41.5 Å². The predicted octanol–water partition coefficient (Wildman–Crippen LogP) is 4.69. The summed E-state index contributed by atoms with van der Waals surface area (Å²) < 4.78 is 11.0. The Balaban J connectivity index is 2.05. The highest BCUT2D eigenvalue weighted by Crippen LogP contribution is 2.28. The van der Waals surface area contributed by atoms with E-state index in [0.717, 1.165) is 0 Å². The highest BCUT2D eigenvalue weighted by atomic mass is 35.5. The average molecular weight is 480 g/mol. The van der Waals surface area contributed by atoms with Gasteiger partial charge in [0.15, 0.2) is 11.5 Å². The molecule has 0 radical (unpaired) electrons. The van der Waals surface area contributed by atoms with Gasteiger partial charge in [-0.05, 0) is 61.7 Å². The van der Waals surface area contributed by atoms with Crippen molar-refractivity contribution in [1.82, 2.24) is 10.7 Å². The van der Waals surface area contributed by atoms with Gasteiger partial charge in [-0.25, -0.2) is 5.43 Å². The Morgan fingerprint density at radius 3 is 2.31 bits per heavy atom. The van der Waals surface area contributed by atoms with Gasteiger partial charge in [-0.3, -0.25) is 9.59 Å². The fourth-order valence-electron chi connectivity index (χ4n) is 2.75. The summed E-state index contributed by atoms with van der Waals surface area (Å²) in [7, 11) is 1.55. The fourth-order valence-corrected chi connectivity index (χ4v) is 3.05. The van der Waals surface area contributed by atoms with E-state index in [0.29, 0.717) is 27.6 Å². The number of nitrogens with zero attached hydrogens (tertiary/aromatic N) is 1. The minimum atomic E-state index is -0.801. The Kier molecular flexibility index (Phi) is 9.35. The molecule has 0 aliphatic rings. The molecule has 0 fully saturated rings. The quantitative estimate of drug-likeness (QED) is 0.403. The van der Waals surface area contributed by atoms with Gasteiger partial charge in [-0.2, -0.15) is 5.10 Å². The van der Waals surface area contributed by atoms with Gasteiger partial charge in [0.2, 0.25) is 0 Å². The number of ether oxygens (including phenoxy) is 2. The molecule has 32 heavy (non-hydrogen) atoms. The first-order valence-electron chi connectivity index (χ1n) is 10.1. The number of methoxy groups -OCH3 is 1. The van der Waals surface area contributed by atoms with Crippen molar-refractivity contribution in [2.24, 2.45) is 11.0 Å². The van der Waals surface area contributed by atoms with Crippen LogP contribution >= 0.6 is 23.2 Å². The van der Waals surface area contributed by atoms with Crippen LogP contribution in [0.4, 0.5) is 0 Å². The number of carbonyl (C=O) groups excluding carboxylic acids is 2. The van der Waals surface area contributed by atoms with E-state index in [1.807, 2.05) is 27.7 Å². The Morgan fingerprint density at radius 1 is 1.00 bits per heavy atom. The van der Waals surface area contributed by atoms with Crippen LogP contribution in [0.3, 0.4) is 0 Å². The molecule has 0 saturated carbocycles. The molecule has 2 aromatic carbocycles. The maximum absolute atomic E-state index is 12.6. The number of hydrazone groups is 1. The van der Waals surface area contributed by atoms with Gasteiger partial charge in [-0.15, -0.1) is 0 Å². The summed E-state index contributed by atoms with van der Waals surface area (Å²) >= 11 is 11.9. The van der Waals surface area contributed by atoms with Gasteiger partial charge < -0.3 is 14.8 Å². The van der Waals surface area contributed by atoms with Crippen LogP contribution in [-0.4, -0.2) is 37.3 Å². The van der Waals surface area contributed by atoms with Crippen molar-refractivity contribution in [3.63, 3.8) is 0 Å². The molecule has 1 atom stereocenters. The molecule has 9 heteroatoms. The minimum absolute atomic E-state index is 0.00906. The van der Waals surface area contributed by atoms with Crippen molar-refractivity contribution >= 4 is 41.2 Å². The number of carbonyl (C=O) groups is 2. The number of rotatable bonds is 9. The maximum atomic E-state index is 12.6. The lowest BCUT2D eigenvalue weighted by Crippen LogP contribution is -2.48. The number of benzene rings is 2. The van der Waals surface area contributed by atoms with Gasteiger partial charge in [0.05, 0.1) is 29.5 Å². The van der Waals surface area contributed by atoms with E-state index in [-0.39, 0.29) is 17.0 Å². The summed E-state index contributed by atoms with van der Waals surface area (Å²) in [5.74, 6) is 0.115. The van der Waals surface area contributed by atoms with Crippen LogP contribution in [0.1, 0.15) is 43.6 Å². The highest BCUT2D eigenvalue weighted by Gasteiger charge is 2.24. The summed E-state index contributed by atoms with van der Waals surface area (Å²) in [5, 5.41) is 7.32. The lowest BCUT2D eigenvalue weighted by molar-refractivity contribution is -0.123. The third-order valence-electron chi connectivity index (χ3n) is 4.36. The summed E-state index contributed by atoms with van der Waals surface area (Å²) in [6.07, 6.45) is 1.49. The van der Waals surface area contributed by atoms with E-state index in [1.165, 1.54) is 24.4 Å². The Labute approximate surface area is 198 Å². The van der Waals surface area contributed by atoms with Crippen LogP contribution in [0.25, 0.3) is 0 Å². The lowest BCUT2D eigenvalue weighted by Gasteiger charge is -2.20. The van der Waals surface area contributed by atoms with Crippen molar-refractivity contribution in [3.8, 4) is 11.5 Å². The predicted molar refractivity (Wildman–Crippen MR) is 127 cm³/mol. The number of amides is 2. The number of hydrogen-bond acceptors (Lipinski definition) is 5. The van der Waals surface area contributed by atoms with Crippen molar-refractivity contribution in [3.05, 3.63) is 57.6 Å². The summed E-state index contributed by atoms with van der Waals surface area (Å²) in [4.78, 5) is 25.2. The second-order valence-corrected chi connectivity index (χ2v) is 8.45. The zero-order valence-corrected chi connectivity index (χ0v) is 20.1. The molecular formula is C23H27Cl2N3O4. The molecule has 0 aliphatic carbocycles. The second kappa shape index (κ2) is 11.7. The zero-order chi connectivity index (χ0) is 23.8. The van der Waals surface area contributed by atoms with Crippen LogP contribution < -0.4 is 20.2 Å². The molecule has 1 unspecified atom stereocenters. The van der Waals surface area contributed by atoms with E-state index < -0.39 is 17.9 Å². The first-order valence-corrected chi connectivity index (χ1v) is 10.8. The molecule has 2 amide bonds. The monoisotopic (exact) mass is 479 g/mol. The maximum Gasteiger partial charge on any atom is 0.262 e. The average Bonchev–Trinajstić information content (AvgIpc) is 2.73. The fraction of sp³-hybridized carbons (Fsp3) is 0.348. The summed E-state index contributed by atoms with van der Waals surface area (Å²) in [5.41, 5.74) is 3.48. The highest BCUT2D eigenvalue weighted by molar-refractivity contribution is 6.42. The first kappa shape index (κ1) is 25.5. The molecule has 0 aliphatic heterocycles. The molecule has 2 N–H and O–H groups in total. The van der Waals surface area contributed by atoms with Gasteiger partial charge in [0, 0.05) is 5.56 Å². The van der Waals surface area contributed by atoms with E-state index in [2.05, 4.69) is 15.8 Å². The molecule has 0 spiro atoms. The Bertz CT molecular complexity index is 993. The van der Waals surface area contributed by atoms with Crippen molar-refractivity contribution in [2.45, 2.75) is 39.8 Å². The first-order chi connectivity index (χ1) is 15.1. The minimum Gasteiger partial charge on any atom is -0.493 e. The van der Waals surface area contributed by atoms with E-state index in [1.54, 1.807) is 25.3 Å². The number of hydrogen-bond donors (Lipinski definition) is 2. The zero-order valence-electron chi connectivity index (χ0n) is 18.6. The third-order valence-corrected chi connectivity index (χ3v) is 5.10. The molecule has 7 nitrogen and oxygen atoms in total. The molecule has 0 aromatic heterocycles. The molecule has 0 bridgehead atoms. The van der Waals surface area contributed by atoms with Gasteiger partial charge in [0.1, 0.15) is 6.04 Å². The second-order valence-electron chi connectivity index (χ2n) is 7.64. The molecule has 0 heterocycles. The summed E-state index contributed by atoms with van der Waals surface area (Å²) in [6, 6.07) is 9.03. The van der Waals surface area contributed by atoms with Crippen molar-refractivity contribution in [1.29, 1.82) is 0 Å². The normalized spacial score (nSPS) is 12.2. The number of halogens is 2. The third kappa shape index (κ3) is 7.14. The molecule has 2 rings (SSSR count). The van der Waals surface area contributed by atoms with Crippen LogP contribution in [0, 0.1) is 5.92 Å². The standard InChI is InChI=1S/C23H27Cl2N3O4/c1-13(2)21(27-22(29)16-7-8-17(24)18(25)11-16)23(30)28-26-12-15-6-9-19(32-14(3)4)20(10-15)31-5/h6-14,21H,1-5H3,(H,27,29)(H,28,30)/b26-12+. The Morgan fingerprint density at radius 2 is 1.72 bits per heavy atom. The Hall–Kier alpha value is -2.77. The van der Waals surface area contributed by atoms with Crippen LogP contribution in [-0.2, 0) is 4.79 Å². The smallest absolute Gasteiger partial charge is 0.262 e. The van der Waals surface area contributed by atoms with Gasteiger partial charge >= 0.3 is 0 Å². The topological polar surface area (TPSA) is 89.0 Å². The van der Waals surface area contributed by atoms with Gasteiger partial charge in [0.25, 0.3) is 11.8 Å².